The number of esters is 1. The van der Waals surface area contributed by atoms with E-state index in [2.05, 4.69) is 15.0 Å². The minimum atomic E-state index is -1.21. The van der Waals surface area contributed by atoms with Crippen molar-refractivity contribution in [2.24, 2.45) is 5.11 Å². The van der Waals surface area contributed by atoms with Gasteiger partial charge in [0.25, 0.3) is 5.56 Å². The molecule has 11 nitrogen and oxygen atoms in total. The zero-order valence-electron chi connectivity index (χ0n) is 15.8. The van der Waals surface area contributed by atoms with Gasteiger partial charge < -0.3 is 14.2 Å². The molecule has 1 fully saturated rings. The lowest BCUT2D eigenvalue weighted by atomic mass is 10.2. The van der Waals surface area contributed by atoms with E-state index >= 15 is 0 Å². The third-order valence-corrected chi connectivity index (χ3v) is 4.52. The first-order valence-corrected chi connectivity index (χ1v) is 8.79. The summed E-state index contributed by atoms with van der Waals surface area (Å²) < 4.78 is 17.4. The molecule has 11 heteroatoms. The standard InChI is InChI=1S/C18H19N5O6/c1-10-9-23(18(26)20-15(10)24)14-8-7-13(28-14)16(21-22-19)29-17(25)11-3-5-12(27-2)6-4-11/h3-6,9,13-14,16H,7-8H2,1-2H3,(H,20,24,26)/t13-,14+,16?/m0/s1. The molecule has 152 valence electrons. The number of aryl methyl sites for hydroxylation is 1. The Labute approximate surface area is 164 Å². The average molecular weight is 401 g/mol. The van der Waals surface area contributed by atoms with Crippen LogP contribution in [0.4, 0.5) is 0 Å². The molecular weight excluding hydrogens is 382 g/mol. The molecule has 2 heterocycles. The summed E-state index contributed by atoms with van der Waals surface area (Å²) in [4.78, 5) is 40.9. The topological polar surface area (TPSA) is 148 Å². The molecule has 3 rings (SSSR count). The van der Waals surface area contributed by atoms with Crippen molar-refractivity contribution in [1.82, 2.24) is 9.55 Å². The van der Waals surface area contributed by atoms with Crippen LogP contribution in [0, 0.1) is 6.92 Å². The number of rotatable bonds is 6. The van der Waals surface area contributed by atoms with Crippen molar-refractivity contribution in [3.05, 3.63) is 72.9 Å². The van der Waals surface area contributed by atoms with Crippen LogP contribution in [-0.4, -0.2) is 35.0 Å². The lowest BCUT2D eigenvalue weighted by Gasteiger charge is -2.21. The van der Waals surface area contributed by atoms with Crippen LogP contribution in [-0.2, 0) is 9.47 Å². The van der Waals surface area contributed by atoms with Gasteiger partial charge in [-0.25, -0.2) is 9.59 Å². The molecule has 0 saturated carbocycles. The first-order valence-electron chi connectivity index (χ1n) is 8.79. The number of ether oxygens (including phenoxy) is 3. The molecule has 1 aliphatic rings. The first kappa shape index (κ1) is 20.2. The van der Waals surface area contributed by atoms with E-state index in [1.54, 1.807) is 19.1 Å². The van der Waals surface area contributed by atoms with E-state index in [0.717, 1.165) is 0 Å². The number of H-pyrrole nitrogens is 1. The van der Waals surface area contributed by atoms with Gasteiger partial charge in [0, 0.05) is 16.7 Å². The van der Waals surface area contributed by atoms with Crippen molar-refractivity contribution in [2.75, 3.05) is 7.11 Å². The van der Waals surface area contributed by atoms with Gasteiger partial charge in [-0.15, -0.1) is 0 Å². The molecule has 0 bridgehead atoms. The summed E-state index contributed by atoms with van der Waals surface area (Å²) in [5.74, 6) is -0.106. The van der Waals surface area contributed by atoms with Crippen molar-refractivity contribution in [3.63, 3.8) is 0 Å². The zero-order valence-corrected chi connectivity index (χ0v) is 15.8. The lowest BCUT2D eigenvalue weighted by Crippen LogP contribution is -2.34. The quantitative estimate of drug-likeness (QED) is 0.339. The molecule has 0 spiro atoms. The number of carbonyl (C=O) groups excluding carboxylic acids is 1. The van der Waals surface area contributed by atoms with Gasteiger partial charge in [-0.05, 0) is 54.7 Å². The van der Waals surface area contributed by atoms with E-state index in [-0.39, 0.29) is 5.56 Å². The Bertz CT molecular complexity index is 1050. The maximum absolute atomic E-state index is 12.4. The summed E-state index contributed by atoms with van der Waals surface area (Å²) in [5, 5.41) is 3.53. The van der Waals surface area contributed by atoms with E-state index in [4.69, 9.17) is 19.7 Å². The second-order valence-corrected chi connectivity index (χ2v) is 6.41. The van der Waals surface area contributed by atoms with Crippen molar-refractivity contribution in [1.29, 1.82) is 0 Å². The summed E-state index contributed by atoms with van der Waals surface area (Å²) in [5.41, 5.74) is 8.37. The monoisotopic (exact) mass is 401 g/mol. The van der Waals surface area contributed by atoms with Gasteiger partial charge in [-0.2, -0.15) is 0 Å². The number of hydrogen-bond acceptors (Lipinski definition) is 7. The van der Waals surface area contributed by atoms with Gasteiger partial charge in [0.15, 0.2) is 0 Å². The Morgan fingerprint density at radius 3 is 2.72 bits per heavy atom. The highest BCUT2D eigenvalue weighted by molar-refractivity contribution is 5.89. The van der Waals surface area contributed by atoms with Crippen LogP contribution in [0.25, 0.3) is 10.4 Å². The third kappa shape index (κ3) is 4.48. The molecule has 1 unspecified atom stereocenters. The van der Waals surface area contributed by atoms with Crippen LogP contribution >= 0.6 is 0 Å². The summed E-state index contributed by atoms with van der Waals surface area (Å²) in [6, 6.07) is 6.25. The smallest absolute Gasteiger partial charge is 0.338 e. The highest BCUT2D eigenvalue weighted by atomic mass is 16.6. The molecule has 2 aromatic rings. The van der Waals surface area contributed by atoms with Crippen molar-refractivity contribution in [3.8, 4) is 5.75 Å². The number of nitrogens with zero attached hydrogens (tertiary/aromatic N) is 4. The second kappa shape index (κ2) is 8.63. The molecule has 1 N–H and O–H groups in total. The fraction of sp³-hybridized carbons (Fsp3) is 0.389. The predicted octanol–water partition coefficient (Wildman–Crippen LogP) is 2.02. The zero-order chi connectivity index (χ0) is 21.0. The Morgan fingerprint density at radius 1 is 1.34 bits per heavy atom. The fourth-order valence-corrected chi connectivity index (χ4v) is 2.99. The maximum atomic E-state index is 12.4. The largest absolute Gasteiger partial charge is 0.497 e. The molecule has 29 heavy (non-hydrogen) atoms. The first-order chi connectivity index (χ1) is 13.9. The van der Waals surface area contributed by atoms with Crippen molar-refractivity contribution in [2.45, 2.75) is 38.3 Å². The van der Waals surface area contributed by atoms with Crippen molar-refractivity contribution >= 4 is 5.97 Å². The minimum Gasteiger partial charge on any atom is -0.497 e. The van der Waals surface area contributed by atoms with Gasteiger partial charge >= 0.3 is 11.7 Å². The van der Waals surface area contributed by atoms with Crippen LogP contribution in [0.1, 0.15) is 35.0 Å². The van der Waals surface area contributed by atoms with E-state index in [0.29, 0.717) is 24.2 Å². The van der Waals surface area contributed by atoms with Crippen LogP contribution in [0.15, 0.2) is 45.2 Å². The number of hydrogen-bond donors (Lipinski definition) is 1. The third-order valence-electron chi connectivity index (χ3n) is 4.52. The van der Waals surface area contributed by atoms with E-state index in [1.807, 2.05) is 0 Å². The highest BCUT2D eigenvalue weighted by Crippen LogP contribution is 2.31. The van der Waals surface area contributed by atoms with Crippen LogP contribution < -0.4 is 16.0 Å². The Morgan fingerprint density at radius 2 is 2.07 bits per heavy atom. The van der Waals surface area contributed by atoms with Crippen LogP contribution in [0.3, 0.4) is 0 Å². The molecule has 0 amide bonds. The fourth-order valence-electron chi connectivity index (χ4n) is 2.99. The molecule has 1 aliphatic heterocycles. The average Bonchev–Trinajstić information content (AvgIpc) is 3.20. The minimum absolute atomic E-state index is 0.256. The van der Waals surface area contributed by atoms with Gasteiger partial charge in [0.2, 0.25) is 6.23 Å². The number of benzene rings is 1. The van der Waals surface area contributed by atoms with Gasteiger partial charge in [-0.1, -0.05) is 0 Å². The Hall–Kier alpha value is -3.56. The summed E-state index contributed by atoms with van der Waals surface area (Å²) in [7, 11) is 1.51. The van der Waals surface area contributed by atoms with E-state index < -0.39 is 35.8 Å². The molecule has 1 aromatic carbocycles. The number of nitrogens with one attached hydrogen (secondary N) is 1. The predicted molar refractivity (Wildman–Crippen MR) is 101 cm³/mol. The van der Waals surface area contributed by atoms with Gasteiger partial charge in [0.05, 0.1) is 12.7 Å². The Balaban J connectivity index is 1.74. The van der Waals surface area contributed by atoms with E-state index in [9.17, 15) is 14.4 Å². The summed E-state index contributed by atoms with van der Waals surface area (Å²) in [6.07, 6.45) is -0.432. The molecule has 1 aromatic heterocycles. The number of azide groups is 1. The SMILES string of the molecule is COc1ccc(C(=O)OC(N=[N+]=[N-])[C@@H]2CC[C@H](n3cc(C)c(=O)[nH]c3=O)O2)cc1. The van der Waals surface area contributed by atoms with Crippen molar-refractivity contribution < 1.29 is 19.0 Å². The molecule has 0 radical (unpaired) electrons. The van der Waals surface area contributed by atoms with E-state index in [1.165, 1.54) is 30.0 Å². The molecule has 0 aliphatic carbocycles. The highest BCUT2D eigenvalue weighted by Gasteiger charge is 2.35. The van der Waals surface area contributed by atoms with Crippen LogP contribution in [0.2, 0.25) is 0 Å². The lowest BCUT2D eigenvalue weighted by molar-refractivity contribution is -0.0678. The molecular formula is C18H19N5O6. The number of aromatic nitrogens is 2. The number of aromatic amines is 1. The second-order valence-electron chi connectivity index (χ2n) is 6.41. The Kier molecular flexibility index (Phi) is 6.01. The number of carbonyl (C=O) groups is 1. The summed E-state index contributed by atoms with van der Waals surface area (Å²) in [6.45, 7) is 1.57. The maximum Gasteiger partial charge on any atom is 0.338 e. The van der Waals surface area contributed by atoms with Gasteiger partial charge in [0.1, 0.15) is 18.1 Å². The molecule has 3 atom stereocenters. The normalized spacial score (nSPS) is 19.2. The van der Waals surface area contributed by atoms with Crippen LogP contribution in [0.5, 0.6) is 5.75 Å². The summed E-state index contributed by atoms with van der Waals surface area (Å²) >= 11 is 0. The number of methoxy groups -OCH3 is 1. The molecule has 1 saturated heterocycles. The van der Waals surface area contributed by atoms with Gasteiger partial charge in [-0.3, -0.25) is 14.3 Å².